The molecule has 114 valence electrons. The maximum atomic E-state index is 12.2. The Hall–Kier alpha value is -2.81. The van der Waals surface area contributed by atoms with Crippen molar-refractivity contribution in [3.63, 3.8) is 0 Å². The lowest BCUT2D eigenvalue weighted by Gasteiger charge is -2.19. The highest BCUT2D eigenvalue weighted by Crippen LogP contribution is 2.25. The second kappa shape index (κ2) is 5.90. The molecule has 2 aromatic rings. The second-order valence-corrected chi connectivity index (χ2v) is 5.79. The smallest absolute Gasteiger partial charge is 0.418 e. The Morgan fingerprint density at radius 1 is 1.32 bits per heavy atom. The number of nitriles is 1. The van der Waals surface area contributed by atoms with Gasteiger partial charge >= 0.3 is 6.09 Å². The molecule has 0 aliphatic rings. The van der Waals surface area contributed by atoms with Gasteiger partial charge < -0.3 is 10.1 Å². The van der Waals surface area contributed by atoms with E-state index in [9.17, 15) is 9.59 Å². The van der Waals surface area contributed by atoms with E-state index in [0.717, 1.165) is 0 Å². The average Bonchev–Trinajstić information content (AvgIpc) is 2.82. The molecular weight excluding hydrogens is 282 g/mol. The molecule has 0 aliphatic heterocycles. The Labute approximate surface area is 128 Å². The van der Waals surface area contributed by atoms with Gasteiger partial charge in [-0.3, -0.25) is 9.36 Å². The lowest BCUT2D eigenvalue weighted by molar-refractivity contribution is -0.115. The highest BCUT2D eigenvalue weighted by atomic mass is 16.6. The van der Waals surface area contributed by atoms with E-state index in [1.165, 1.54) is 4.57 Å². The molecule has 1 amide bonds. The number of hydrogen-bond donors (Lipinski definition) is 1. The van der Waals surface area contributed by atoms with Gasteiger partial charge in [-0.15, -0.1) is 0 Å². The molecule has 6 heteroatoms. The van der Waals surface area contributed by atoms with Crippen LogP contribution in [0.15, 0.2) is 30.5 Å². The van der Waals surface area contributed by atoms with Crippen molar-refractivity contribution in [3.8, 4) is 6.07 Å². The van der Waals surface area contributed by atoms with Crippen LogP contribution in [0.4, 0.5) is 10.5 Å². The summed E-state index contributed by atoms with van der Waals surface area (Å²) in [7, 11) is 0. The molecule has 0 saturated heterocycles. The van der Waals surface area contributed by atoms with E-state index in [4.69, 9.17) is 10.00 Å². The van der Waals surface area contributed by atoms with Crippen LogP contribution in [0.3, 0.4) is 0 Å². The van der Waals surface area contributed by atoms with Gasteiger partial charge in [-0.2, -0.15) is 5.26 Å². The summed E-state index contributed by atoms with van der Waals surface area (Å²) < 4.78 is 6.73. The van der Waals surface area contributed by atoms with E-state index in [-0.39, 0.29) is 12.3 Å². The predicted octanol–water partition coefficient (Wildman–Crippen LogP) is 3.28. The molecule has 1 aromatic heterocycles. The standard InChI is InChI=1S/C16H17N3O3/c1-16(2,3)22-15(21)19-10-8-11-12(5-4-6-13(11)19)18-14(20)7-9-17/h4-6,8,10H,7H2,1-3H3,(H,18,20). The summed E-state index contributed by atoms with van der Waals surface area (Å²) in [5, 5.41) is 11.9. The Morgan fingerprint density at radius 2 is 2.05 bits per heavy atom. The van der Waals surface area contributed by atoms with Crippen molar-refractivity contribution >= 4 is 28.6 Å². The molecule has 0 spiro atoms. The minimum absolute atomic E-state index is 0.219. The van der Waals surface area contributed by atoms with Crippen LogP contribution in [-0.2, 0) is 9.53 Å². The molecule has 1 heterocycles. The highest BCUT2D eigenvalue weighted by Gasteiger charge is 2.19. The zero-order valence-corrected chi connectivity index (χ0v) is 12.7. The van der Waals surface area contributed by atoms with Crippen LogP contribution in [0.1, 0.15) is 27.2 Å². The molecule has 1 aromatic carbocycles. The van der Waals surface area contributed by atoms with E-state index in [1.54, 1.807) is 57.3 Å². The number of anilines is 1. The lowest BCUT2D eigenvalue weighted by atomic mass is 10.2. The number of rotatable bonds is 2. The maximum absolute atomic E-state index is 12.2. The summed E-state index contributed by atoms with van der Waals surface area (Å²) in [4.78, 5) is 23.7. The van der Waals surface area contributed by atoms with Crippen molar-refractivity contribution < 1.29 is 14.3 Å². The first-order chi connectivity index (χ1) is 10.3. The summed E-state index contributed by atoms with van der Waals surface area (Å²) in [6.07, 6.45) is 0.894. The third kappa shape index (κ3) is 3.44. The first-order valence-corrected chi connectivity index (χ1v) is 6.82. The van der Waals surface area contributed by atoms with E-state index < -0.39 is 11.7 Å². The fourth-order valence-corrected chi connectivity index (χ4v) is 2.01. The fourth-order valence-electron chi connectivity index (χ4n) is 2.01. The van der Waals surface area contributed by atoms with Gasteiger partial charge in [0.2, 0.25) is 5.91 Å². The monoisotopic (exact) mass is 299 g/mol. The van der Waals surface area contributed by atoms with Gasteiger partial charge in [0.15, 0.2) is 0 Å². The van der Waals surface area contributed by atoms with Crippen molar-refractivity contribution in [1.82, 2.24) is 4.57 Å². The van der Waals surface area contributed by atoms with Crippen LogP contribution in [0.25, 0.3) is 10.9 Å². The minimum atomic E-state index is -0.591. The fraction of sp³-hybridized carbons (Fsp3) is 0.312. The first-order valence-electron chi connectivity index (χ1n) is 6.82. The van der Waals surface area contributed by atoms with E-state index in [2.05, 4.69) is 5.32 Å². The molecule has 0 fully saturated rings. The van der Waals surface area contributed by atoms with Crippen molar-refractivity contribution in [2.24, 2.45) is 0 Å². The molecule has 0 unspecified atom stereocenters. The molecule has 22 heavy (non-hydrogen) atoms. The van der Waals surface area contributed by atoms with Crippen LogP contribution in [-0.4, -0.2) is 22.2 Å². The Morgan fingerprint density at radius 3 is 2.68 bits per heavy atom. The topological polar surface area (TPSA) is 84.1 Å². The molecule has 0 atom stereocenters. The molecule has 0 aliphatic carbocycles. The lowest BCUT2D eigenvalue weighted by Crippen LogP contribution is -2.26. The number of carbonyl (C=O) groups is 2. The van der Waals surface area contributed by atoms with Crippen molar-refractivity contribution in [2.45, 2.75) is 32.8 Å². The largest absolute Gasteiger partial charge is 0.443 e. The highest BCUT2D eigenvalue weighted by molar-refractivity contribution is 6.03. The van der Waals surface area contributed by atoms with E-state index in [0.29, 0.717) is 16.6 Å². The summed E-state index contributed by atoms with van der Waals surface area (Å²) in [5.74, 6) is -0.389. The first kappa shape index (κ1) is 15.6. The zero-order valence-electron chi connectivity index (χ0n) is 12.7. The van der Waals surface area contributed by atoms with Crippen molar-refractivity contribution in [3.05, 3.63) is 30.5 Å². The normalized spacial score (nSPS) is 11.0. The van der Waals surface area contributed by atoms with Crippen LogP contribution in [0.2, 0.25) is 0 Å². The minimum Gasteiger partial charge on any atom is -0.443 e. The van der Waals surface area contributed by atoms with Gasteiger partial charge in [0.05, 0.1) is 17.3 Å². The van der Waals surface area contributed by atoms with Gasteiger partial charge in [0.1, 0.15) is 12.0 Å². The van der Waals surface area contributed by atoms with Crippen LogP contribution >= 0.6 is 0 Å². The number of amides is 1. The van der Waals surface area contributed by atoms with Crippen LogP contribution < -0.4 is 5.32 Å². The van der Waals surface area contributed by atoms with E-state index in [1.807, 2.05) is 0 Å². The number of benzene rings is 1. The second-order valence-electron chi connectivity index (χ2n) is 5.79. The Bertz CT molecular complexity index is 763. The van der Waals surface area contributed by atoms with Gasteiger partial charge in [-0.1, -0.05) is 6.07 Å². The number of hydrogen-bond acceptors (Lipinski definition) is 4. The third-order valence-electron chi connectivity index (χ3n) is 2.84. The molecule has 6 nitrogen and oxygen atoms in total. The van der Waals surface area contributed by atoms with Crippen molar-refractivity contribution in [1.29, 1.82) is 5.26 Å². The number of nitrogens with zero attached hydrogens (tertiary/aromatic N) is 2. The zero-order chi connectivity index (χ0) is 16.3. The molecule has 2 rings (SSSR count). The van der Waals surface area contributed by atoms with Crippen LogP contribution in [0.5, 0.6) is 0 Å². The Kier molecular flexibility index (Phi) is 4.18. The molecule has 0 saturated carbocycles. The van der Waals surface area contributed by atoms with Crippen LogP contribution in [0, 0.1) is 11.3 Å². The number of fused-ring (bicyclic) bond motifs is 1. The van der Waals surface area contributed by atoms with Gasteiger partial charge in [0, 0.05) is 11.6 Å². The number of aromatic nitrogens is 1. The number of ether oxygens (including phenoxy) is 1. The SMILES string of the molecule is CC(C)(C)OC(=O)n1ccc2c(NC(=O)CC#N)cccc21. The van der Waals surface area contributed by atoms with E-state index >= 15 is 0 Å². The molecule has 1 N–H and O–H groups in total. The third-order valence-corrected chi connectivity index (χ3v) is 2.84. The number of nitrogens with one attached hydrogen (secondary N) is 1. The molecular formula is C16H17N3O3. The maximum Gasteiger partial charge on any atom is 0.418 e. The van der Waals surface area contributed by atoms with Gasteiger partial charge in [0.25, 0.3) is 0 Å². The summed E-state index contributed by atoms with van der Waals surface area (Å²) in [6.45, 7) is 5.39. The number of carbonyl (C=O) groups excluding carboxylic acids is 2. The summed E-state index contributed by atoms with van der Waals surface area (Å²) in [6, 6.07) is 8.73. The van der Waals surface area contributed by atoms with Gasteiger partial charge in [-0.05, 0) is 39.0 Å². The van der Waals surface area contributed by atoms with Gasteiger partial charge in [-0.25, -0.2) is 4.79 Å². The summed E-state index contributed by atoms with van der Waals surface area (Å²) in [5.41, 5.74) is 0.593. The quantitative estimate of drug-likeness (QED) is 0.922. The summed E-state index contributed by atoms with van der Waals surface area (Å²) >= 11 is 0. The molecule has 0 radical (unpaired) electrons. The van der Waals surface area contributed by atoms with Crippen molar-refractivity contribution in [2.75, 3.05) is 5.32 Å². The predicted molar refractivity (Wildman–Crippen MR) is 82.4 cm³/mol. The average molecular weight is 299 g/mol. The molecule has 0 bridgehead atoms. The Balaban J connectivity index is 2.35.